The van der Waals surface area contributed by atoms with Gasteiger partial charge in [0.05, 0.1) is 7.11 Å². The van der Waals surface area contributed by atoms with Crippen molar-refractivity contribution >= 4 is 11.9 Å². The van der Waals surface area contributed by atoms with Crippen LogP contribution in [0.3, 0.4) is 0 Å². The molecule has 1 aromatic carbocycles. The van der Waals surface area contributed by atoms with E-state index in [4.69, 9.17) is 4.74 Å². The van der Waals surface area contributed by atoms with Crippen LogP contribution in [0.15, 0.2) is 23.2 Å². The number of nitrogens with zero attached hydrogens (tertiary/aromatic N) is 3. The lowest BCUT2D eigenvalue weighted by Gasteiger charge is -2.23. The quantitative estimate of drug-likeness (QED) is 0.439. The number of hydrogen-bond donors (Lipinski definition) is 1. The normalized spacial score (nSPS) is 11.9. The van der Waals surface area contributed by atoms with E-state index in [9.17, 15) is 22.4 Å². The van der Waals surface area contributed by atoms with Crippen LogP contribution in [0, 0.1) is 5.82 Å². The van der Waals surface area contributed by atoms with Crippen LogP contribution >= 0.6 is 0 Å². The van der Waals surface area contributed by atoms with Gasteiger partial charge in [0.25, 0.3) is 0 Å². The second-order valence-electron chi connectivity index (χ2n) is 5.86. The Morgan fingerprint density at radius 1 is 1.26 bits per heavy atom. The molecule has 0 fully saturated rings. The number of rotatable bonds is 7. The van der Waals surface area contributed by atoms with Gasteiger partial charge in [0, 0.05) is 27.2 Å². The maximum atomic E-state index is 13.8. The number of alkyl halides is 3. The van der Waals surface area contributed by atoms with Gasteiger partial charge in [-0.1, -0.05) is 6.07 Å². The molecule has 0 aliphatic heterocycles. The summed E-state index contributed by atoms with van der Waals surface area (Å²) in [7, 11) is 4.11. The van der Waals surface area contributed by atoms with E-state index in [1.54, 1.807) is 18.0 Å². The van der Waals surface area contributed by atoms with Crippen molar-refractivity contribution in [1.29, 1.82) is 0 Å². The Balaban J connectivity index is 2.79. The van der Waals surface area contributed by atoms with E-state index >= 15 is 0 Å². The number of carbonyl (C=O) groups excluding carboxylic acids is 1. The Bertz CT molecular complexity index is 665. The molecule has 0 aliphatic rings. The monoisotopic (exact) mass is 392 g/mol. The van der Waals surface area contributed by atoms with E-state index < -0.39 is 31.0 Å². The lowest BCUT2D eigenvalue weighted by Crippen LogP contribution is -2.41. The van der Waals surface area contributed by atoms with Gasteiger partial charge in [-0.25, -0.2) is 9.38 Å². The van der Waals surface area contributed by atoms with Crippen LogP contribution in [0.1, 0.15) is 12.5 Å². The van der Waals surface area contributed by atoms with Crippen LogP contribution in [0.5, 0.6) is 5.75 Å². The summed E-state index contributed by atoms with van der Waals surface area (Å²) in [6.45, 7) is 0.815. The van der Waals surface area contributed by atoms with Crippen LogP contribution in [0.2, 0.25) is 0 Å². The van der Waals surface area contributed by atoms with Crippen LogP contribution in [-0.4, -0.2) is 68.7 Å². The first-order valence-corrected chi connectivity index (χ1v) is 8.20. The molecule has 0 unspecified atom stereocenters. The maximum Gasteiger partial charge on any atom is 0.406 e. The Hall–Kier alpha value is -2.52. The molecule has 0 aliphatic carbocycles. The van der Waals surface area contributed by atoms with Crippen molar-refractivity contribution in [1.82, 2.24) is 15.1 Å². The van der Waals surface area contributed by atoms with Crippen LogP contribution < -0.4 is 10.1 Å². The molecule has 0 aromatic heterocycles. The number of benzene rings is 1. The van der Waals surface area contributed by atoms with Crippen LogP contribution in [-0.2, 0) is 11.3 Å². The highest BCUT2D eigenvalue weighted by Crippen LogP contribution is 2.18. The number of methoxy groups -OCH3 is 1. The van der Waals surface area contributed by atoms with Gasteiger partial charge in [-0.15, -0.1) is 0 Å². The Kier molecular flexibility index (Phi) is 8.32. The minimum atomic E-state index is -4.46. The summed E-state index contributed by atoms with van der Waals surface area (Å²) >= 11 is 0. The summed E-state index contributed by atoms with van der Waals surface area (Å²) in [6.07, 6.45) is -4.46. The summed E-state index contributed by atoms with van der Waals surface area (Å²) in [5.74, 6) is -0.816. The van der Waals surface area contributed by atoms with Gasteiger partial charge in [-0.2, -0.15) is 13.2 Å². The largest absolute Gasteiger partial charge is 0.494 e. The number of likely N-dealkylation sites (N-methyl/N-ethyl adjacent to an activating group) is 1. The van der Waals surface area contributed by atoms with Crippen molar-refractivity contribution in [2.45, 2.75) is 19.6 Å². The van der Waals surface area contributed by atoms with Crippen LogP contribution in [0.25, 0.3) is 0 Å². The van der Waals surface area contributed by atoms with E-state index in [0.29, 0.717) is 23.0 Å². The second-order valence-corrected chi connectivity index (χ2v) is 5.86. The molecule has 0 heterocycles. The number of hydrogen-bond acceptors (Lipinski definition) is 3. The minimum Gasteiger partial charge on any atom is -0.494 e. The molecule has 0 saturated heterocycles. The summed E-state index contributed by atoms with van der Waals surface area (Å²) in [4.78, 5) is 18.1. The maximum absolute atomic E-state index is 13.8. The van der Waals surface area contributed by atoms with Gasteiger partial charge in [-0.3, -0.25) is 4.79 Å². The lowest BCUT2D eigenvalue weighted by molar-refractivity contribution is -0.157. The van der Waals surface area contributed by atoms with Gasteiger partial charge >= 0.3 is 6.18 Å². The topological polar surface area (TPSA) is 57.2 Å². The first kappa shape index (κ1) is 22.5. The summed E-state index contributed by atoms with van der Waals surface area (Å²) in [5, 5.41) is 2.95. The zero-order valence-electron chi connectivity index (χ0n) is 15.7. The molecule has 6 nitrogen and oxygen atoms in total. The fourth-order valence-corrected chi connectivity index (χ4v) is 2.25. The molecule has 1 rings (SSSR count). The smallest absolute Gasteiger partial charge is 0.406 e. The van der Waals surface area contributed by atoms with Crippen molar-refractivity contribution in [2.24, 2.45) is 4.99 Å². The predicted octanol–water partition coefficient (Wildman–Crippen LogP) is 2.25. The highest BCUT2D eigenvalue weighted by Gasteiger charge is 2.31. The first-order valence-electron chi connectivity index (χ1n) is 8.20. The Morgan fingerprint density at radius 3 is 2.44 bits per heavy atom. The SMILES string of the molecule is CCNC(=NCC(=O)N(C)CC(F)(F)F)N(C)Cc1ccc(OC)c(F)c1. The first-order chi connectivity index (χ1) is 12.6. The number of ether oxygens (including phenoxy) is 1. The number of halogens is 4. The number of aliphatic imine (C=N–C) groups is 1. The van der Waals surface area contributed by atoms with E-state index in [1.165, 1.54) is 19.2 Å². The van der Waals surface area contributed by atoms with E-state index in [-0.39, 0.29) is 12.3 Å². The molecule has 152 valence electrons. The number of carbonyl (C=O) groups is 1. The fraction of sp³-hybridized carbons (Fsp3) is 0.529. The molecule has 27 heavy (non-hydrogen) atoms. The molecule has 0 spiro atoms. The molecule has 0 atom stereocenters. The van der Waals surface area contributed by atoms with Crippen molar-refractivity contribution in [3.63, 3.8) is 0 Å². The number of nitrogens with one attached hydrogen (secondary N) is 1. The van der Waals surface area contributed by atoms with Crippen molar-refractivity contribution in [3.05, 3.63) is 29.6 Å². The minimum absolute atomic E-state index is 0.125. The zero-order chi connectivity index (χ0) is 20.6. The second kappa shape index (κ2) is 9.98. The van der Waals surface area contributed by atoms with Crippen molar-refractivity contribution in [3.8, 4) is 5.75 Å². The van der Waals surface area contributed by atoms with Gasteiger partial charge in [-0.05, 0) is 24.6 Å². The highest BCUT2D eigenvalue weighted by molar-refractivity contribution is 5.84. The molecule has 1 N–H and O–H groups in total. The molecule has 1 amide bonds. The predicted molar refractivity (Wildman–Crippen MR) is 94.1 cm³/mol. The van der Waals surface area contributed by atoms with Gasteiger partial charge in [0.1, 0.15) is 13.1 Å². The van der Waals surface area contributed by atoms with Crippen molar-refractivity contribution < 1.29 is 27.1 Å². The summed E-state index contributed by atoms with van der Waals surface area (Å²) in [6, 6.07) is 4.50. The standard InChI is InChI=1S/C17H24F4N4O2/c1-5-22-16(23-9-15(26)25(3)11-17(19,20)21)24(2)10-12-6-7-14(27-4)13(18)8-12/h6-8H,5,9-11H2,1-4H3,(H,22,23). The lowest BCUT2D eigenvalue weighted by atomic mass is 10.2. The third-order valence-corrected chi connectivity index (χ3v) is 3.54. The molecule has 0 radical (unpaired) electrons. The molecular formula is C17H24F4N4O2. The summed E-state index contributed by atoms with van der Waals surface area (Å²) < 4.78 is 55.7. The van der Waals surface area contributed by atoms with Gasteiger partial charge in [0.15, 0.2) is 17.5 Å². The van der Waals surface area contributed by atoms with E-state index in [1.807, 2.05) is 6.92 Å². The highest BCUT2D eigenvalue weighted by atomic mass is 19.4. The molecule has 10 heteroatoms. The fourth-order valence-electron chi connectivity index (χ4n) is 2.25. The zero-order valence-corrected chi connectivity index (χ0v) is 15.7. The average molecular weight is 392 g/mol. The summed E-state index contributed by atoms with van der Waals surface area (Å²) in [5.41, 5.74) is 0.641. The Labute approximate surface area is 155 Å². The Morgan fingerprint density at radius 2 is 1.93 bits per heavy atom. The third-order valence-electron chi connectivity index (χ3n) is 3.54. The van der Waals surface area contributed by atoms with Gasteiger partial charge < -0.3 is 19.9 Å². The molecule has 0 saturated carbocycles. The average Bonchev–Trinajstić information content (AvgIpc) is 2.56. The van der Waals surface area contributed by atoms with E-state index in [0.717, 1.165) is 7.05 Å². The van der Waals surface area contributed by atoms with Crippen molar-refractivity contribution in [2.75, 3.05) is 40.8 Å². The third kappa shape index (κ3) is 7.71. The molecule has 0 bridgehead atoms. The molecular weight excluding hydrogens is 368 g/mol. The number of guanidine groups is 1. The molecule has 1 aromatic rings. The van der Waals surface area contributed by atoms with Gasteiger partial charge in [0.2, 0.25) is 5.91 Å². The van der Waals surface area contributed by atoms with Crippen LogP contribution in [0.4, 0.5) is 17.6 Å². The van der Waals surface area contributed by atoms with E-state index in [2.05, 4.69) is 10.3 Å². The number of amides is 1.